The van der Waals surface area contributed by atoms with Gasteiger partial charge in [0.25, 0.3) is 0 Å². The molecule has 2 rings (SSSR count). The smallest absolute Gasteiger partial charge is 0.00486 e. The molecule has 0 amide bonds. The van der Waals surface area contributed by atoms with Crippen molar-refractivity contribution < 1.29 is 0 Å². The van der Waals surface area contributed by atoms with E-state index >= 15 is 0 Å². The standard InChI is InChI=1S/C14H11Cl/c15-11-10-13-8-4-5-9-14(13)12-6-2-1-3-7-12/h1-11H/b11-10+. The second kappa shape index (κ2) is 4.81. The Morgan fingerprint density at radius 2 is 1.47 bits per heavy atom. The van der Waals surface area contributed by atoms with E-state index in [9.17, 15) is 0 Å². The van der Waals surface area contributed by atoms with Gasteiger partial charge >= 0.3 is 0 Å². The molecule has 0 aliphatic heterocycles. The summed E-state index contributed by atoms with van der Waals surface area (Å²) in [6, 6.07) is 18.5. The van der Waals surface area contributed by atoms with E-state index in [1.807, 2.05) is 36.4 Å². The monoisotopic (exact) mass is 214 g/mol. The minimum Gasteiger partial charge on any atom is -0.0929 e. The van der Waals surface area contributed by atoms with Gasteiger partial charge in [-0.25, -0.2) is 0 Å². The Bertz CT molecular complexity index is 458. The molecule has 0 nitrogen and oxygen atoms in total. The summed E-state index contributed by atoms with van der Waals surface area (Å²) in [4.78, 5) is 0. The predicted molar refractivity (Wildman–Crippen MR) is 66.8 cm³/mol. The quantitative estimate of drug-likeness (QED) is 0.688. The highest BCUT2D eigenvalue weighted by Gasteiger charge is 2.00. The molecule has 2 aromatic carbocycles. The summed E-state index contributed by atoms with van der Waals surface area (Å²) >= 11 is 5.61. The lowest BCUT2D eigenvalue weighted by Crippen LogP contribution is -1.81. The van der Waals surface area contributed by atoms with Crippen molar-refractivity contribution in [3.63, 3.8) is 0 Å². The number of rotatable bonds is 2. The molecule has 0 N–H and O–H groups in total. The normalized spacial score (nSPS) is 10.7. The lowest BCUT2D eigenvalue weighted by Gasteiger charge is -2.05. The maximum absolute atomic E-state index is 5.61. The van der Waals surface area contributed by atoms with E-state index in [-0.39, 0.29) is 0 Å². The SMILES string of the molecule is Cl/C=C/c1ccccc1-c1ccccc1. The molecule has 0 fully saturated rings. The molecule has 0 aromatic heterocycles. The topological polar surface area (TPSA) is 0 Å². The number of hydrogen-bond donors (Lipinski definition) is 0. The largest absolute Gasteiger partial charge is 0.0929 e. The first-order valence-electron chi connectivity index (χ1n) is 4.83. The highest BCUT2D eigenvalue weighted by Crippen LogP contribution is 2.24. The van der Waals surface area contributed by atoms with E-state index in [2.05, 4.69) is 24.3 Å². The van der Waals surface area contributed by atoms with Gasteiger partial charge in [0.1, 0.15) is 0 Å². The molecule has 74 valence electrons. The van der Waals surface area contributed by atoms with Gasteiger partial charge in [-0.2, -0.15) is 0 Å². The predicted octanol–water partition coefficient (Wildman–Crippen LogP) is 4.56. The van der Waals surface area contributed by atoms with E-state index in [1.54, 1.807) is 5.54 Å². The first-order chi connectivity index (χ1) is 7.42. The molecule has 0 unspecified atom stereocenters. The van der Waals surface area contributed by atoms with Gasteiger partial charge in [-0.05, 0) is 22.8 Å². The Balaban J connectivity index is 2.53. The Morgan fingerprint density at radius 3 is 2.20 bits per heavy atom. The minimum absolute atomic E-state index is 1.14. The van der Waals surface area contributed by atoms with Crippen LogP contribution in [0.15, 0.2) is 60.1 Å². The van der Waals surface area contributed by atoms with Crippen LogP contribution < -0.4 is 0 Å². The highest BCUT2D eigenvalue weighted by molar-refractivity contribution is 6.27. The van der Waals surface area contributed by atoms with Crippen molar-refractivity contribution in [1.29, 1.82) is 0 Å². The summed E-state index contributed by atoms with van der Waals surface area (Å²) in [5, 5.41) is 0. The van der Waals surface area contributed by atoms with Crippen molar-refractivity contribution in [2.24, 2.45) is 0 Å². The van der Waals surface area contributed by atoms with Crippen LogP contribution in [0.2, 0.25) is 0 Å². The number of benzene rings is 2. The van der Waals surface area contributed by atoms with Crippen molar-refractivity contribution in [3.8, 4) is 11.1 Å². The molecule has 0 aliphatic carbocycles. The van der Waals surface area contributed by atoms with Crippen molar-refractivity contribution in [2.75, 3.05) is 0 Å². The van der Waals surface area contributed by atoms with Crippen LogP contribution in [0.25, 0.3) is 17.2 Å². The van der Waals surface area contributed by atoms with Crippen LogP contribution in [0.1, 0.15) is 5.56 Å². The molecule has 15 heavy (non-hydrogen) atoms. The Morgan fingerprint density at radius 1 is 0.800 bits per heavy atom. The Labute approximate surface area is 94.8 Å². The van der Waals surface area contributed by atoms with Crippen LogP contribution in [0.3, 0.4) is 0 Å². The van der Waals surface area contributed by atoms with E-state index in [4.69, 9.17) is 11.6 Å². The molecule has 0 atom stereocenters. The van der Waals surface area contributed by atoms with Crippen LogP contribution in [0.5, 0.6) is 0 Å². The van der Waals surface area contributed by atoms with E-state index in [0.29, 0.717) is 0 Å². The number of halogens is 1. The molecular formula is C14H11Cl. The van der Waals surface area contributed by atoms with Gasteiger partial charge in [0, 0.05) is 5.54 Å². The van der Waals surface area contributed by atoms with Gasteiger partial charge in [-0.1, -0.05) is 66.2 Å². The zero-order valence-corrected chi connectivity index (χ0v) is 8.98. The molecule has 0 radical (unpaired) electrons. The third kappa shape index (κ3) is 2.28. The second-order valence-corrected chi connectivity index (χ2v) is 3.50. The summed E-state index contributed by atoms with van der Waals surface area (Å²) in [5.41, 5.74) is 5.10. The van der Waals surface area contributed by atoms with Crippen LogP contribution in [-0.4, -0.2) is 0 Å². The number of hydrogen-bond acceptors (Lipinski definition) is 0. The van der Waals surface area contributed by atoms with Crippen molar-refractivity contribution >= 4 is 17.7 Å². The first-order valence-corrected chi connectivity index (χ1v) is 5.26. The van der Waals surface area contributed by atoms with E-state index in [1.165, 1.54) is 11.1 Å². The summed E-state index contributed by atoms with van der Waals surface area (Å²) in [6.07, 6.45) is 1.91. The first kappa shape index (κ1) is 10.0. The molecule has 0 heterocycles. The summed E-state index contributed by atoms with van der Waals surface area (Å²) in [5.74, 6) is 0. The molecule has 0 saturated carbocycles. The second-order valence-electron chi connectivity index (χ2n) is 3.25. The summed E-state index contributed by atoms with van der Waals surface area (Å²) in [6.45, 7) is 0. The maximum Gasteiger partial charge on any atom is 0.00486 e. The molecule has 0 aliphatic rings. The van der Waals surface area contributed by atoms with Crippen LogP contribution in [-0.2, 0) is 0 Å². The van der Waals surface area contributed by atoms with Crippen molar-refractivity contribution in [3.05, 3.63) is 65.7 Å². The minimum atomic E-state index is 1.14. The Kier molecular flexibility index (Phi) is 3.21. The molecule has 1 heteroatoms. The maximum atomic E-state index is 5.61. The van der Waals surface area contributed by atoms with Crippen LogP contribution in [0, 0.1) is 0 Å². The lowest BCUT2D eigenvalue weighted by molar-refractivity contribution is 1.59. The van der Waals surface area contributed by atoms with Crippen molar-refractivity contribution in [1.82, 2.24) is 0 Å². The third-order valence-electron chi connectivity index (χ3n) is 2.29. The summed E-state index contributed by atoms with van der Waals surface area (Å²) < 4.78 is 0. The van der Waals surface area contributed by atoms with Gasteiger partial charge in [0.15, 0.2) is 0 Å². The third-order valence-corrected chi connectivity index (χ3v) is 2.41. The summed E-state index contributed by atoms with van der Waals surface area (Å²) in [7, 11) is 0. The molecule has 0 bridgehead atoms. The average molecular weight is 215 g/mol. The fourth-order valence-electron chi connectivity index (χ4n) is 1.59. The van der Waals surface area contributed by atoms with Gasteiger partial charge in [-0.3, -0.25) is 0 Å². The van der Waals surface area contributed by atoms with Gasteiger partial charge in [0.2, 0.25) is 0 Å². The van der Waals surface area contributed by atoms with Gasteiger partial charge < -0.3 is 0 Å². The average Bonchev–Trinajstić information content (AvgIpc) is 2.31. The molecule has 0 saturated heterocycles. The Hall–Kier alpha value is -1.53. The molecular weight excluding hydrogens is 204 g/mol. The van der Waals surface area contributed by atoms with Gasteiger partial charge in [0.05, 0.1) is 0 Å². The zero-order chi connectivity index (χ0) is 10.5. The van der Waals surface area contributed by atoms with Crippen LogP contribution in [0.4, 0.5) is 0 Å². The van der Waals surface area contributed by atoms with Crippen LogP contribution >= 0.6 is 11.6 Å². The highest BCUT2D eigenvalue weighted by atomic mass is 35.5. The lowest BCUT2D eigenvalue weighted by atomic mass is 10.00. The van der Waals surface area contributed by atoms with Crippen molar-refractivity contribution in [2.45, 2.75) is 0 Å². The fourth-order valence-corrected chi connectivity index (χ4v) is 1.73. The van der Waals surface area contributed by atoms with E-state index < -0.39 is 0 Å². The van der Waals surface area contributed by atoms with E-state index in [0.717, 1.165) is 5.56 Å². The molecule has 0 spiro atoms. The fraction of sp³-hybridized carbons (Fsp3) is 0. The zero-order valence-electron chi connectivity index (χ0n) is 8.23. The van der Waals surface area contributed by atoms with Gasteiger partial charge in [-0.15, -0.1) is 0 Å². The molecule has 2 aromatic rings.